The number of aliphatic hydroxyl groups excluding tert-OH is 3. The maximum absolute atomic E-state index is 11.3. The van der Waals surface area contributed by atoms with Crippen LogP contribution in [0.3, 0.4) is 0 Å². The monoisotopic (exact) mass is 303 g/mol. The first-order valence-corrected chi connectivity index (χ1v) is 7.58. The number of hydrogen-bond acceptors (Lipinski definition) is 6. The second-order valence-electron chi connectivity index (χ2n) is 5.83. The smallest absolute Gasteiger partial charge is 0.217 e. The van der Waals surface area contributed by atoms with Gasteiger partial charge in [-0.2, -0.15) is 0 Å². The molecule has 1 aliphatic carbocycles. The molecule has 5 atom stereocenters. The number of carbonyl (C=O) groups excluding carboxylic acids is 1. The number of aliphatic hydroxyl groups is 3. The van der Waals surface area contributed by atoms with Crippen molar-refractivity contribution < 1.29 is 29.6 Å². The van der Waals surface area contributed by atoms with E-state index in [1.165, 1.54) is 13.3 Å². The number of rotatable bonds is 4. The van der Waals surface area contributed by atoms with Gasteiger partial charge in [0, 0.05) is 6.92 Å². The largest absolute Gasteiger partial charge is 0.394 e. The minimum atomic E-state index is -1.27. The Bertz CT molecular complexity index is 346. The third kappa shape index (κ3) is 4.14. The van der Waals surface area contributed by atoms with E-state index < -0.39 is 37.3 Å². The lowest BCUT2D eigenvalue weighted by atomic mass is 9.95. The Hall–Kier alpha value is -0.730. The number of amides is 1. The molecule has 0 aromatic carbocycles. The Morgan fingerprint density at radius 2 is 1.90 bits per heavy atom. The van der Waals surface area contributed by atoms with Crippen molar-refractivity contribution in [3.63, 3.8) is 0 Å². The van der Waals surface area contributed by atoms with E-state index in [1.54, 1.807) is 0 Å². The zero-order valence-electron chi connectivity index (χ0n) is 12.3. The summed E-state index contributed by atoms with van der Waals surface area (Å²) in [5, 5.41) is 31.9. The predicted molar refractivity (Wildman–Crippen MR) is 73.3 cm³/mol. The molecule has 7 nitrogen and oxygen atoms in total. The van der Waals surface area contributed by atoms with Gasteiger partial charge in [-0.3, -0.25) is 4.79 Å². The summed E-state index contributed by atoms with van der Waals surface area (Å²) in [7, 11) is 0. The fourth-order valence-corrected chi connectivity index (χ4v) is 2.98. The van der Waals surface area contributed by atoms with Crippen LogP contribution in [0.25, 0.3) is 0 Å². The van der Waals surface area contributed by atoms with Gasteiger partial charge in [-0.05, 0) is 12.8 Å². The van der Waals surface area contributed by atoms with E-state index in [4.69, 9.17) is 9.47 Å². The van der Waals surface area contributed by atoms with E-state index in [0.717, 1.165) is 25.7 Å². The van der Waals surface area contributed by atoms with Crippen molar-refractivity contribution in [1.82, 2.24) is 5.32 Å². The van der Waals surface area contributed by atoms with E-state index in [1.807, 2.05) is 0 Å². The molecule has 4 N–H and O–H groups in total. The Morgan fingerprint density at radius 3 is 2.48 bits per heavy atom. The fraction of sp³-hybridized carbons (Fsp3) is 0.929. The molecule has 7 heteroatoms. The number of ether oxygens (including phenoxy) is 2. The lowest BCUT2D eigenvalue weighted by molar-refractivity contribution is -0.283. The van der Waals surface area contributed by atoms with E-state index >= 15 is 0 Å². The highest BCUT2D eigenvalue weighted by atomic mass is 16.7. The molecule has 21 heavy (non-hydrogen) atoms. The Balaban J connectivity index is 2.06. The Morgan fingerprint density at radius 1 is 1.24 bits per heavy atom. The van der Waals surface area contributed by atoms with Crippen LogP contribution >= 0.6 is 0 Å². The van der Waals surface area contributed by atoms with Crippen LogP contribution < -0.4 is 5.32 Å². The maximum atomic E-state index is 11.3. The quantitative estimate of drug-likeness (QED) is 0.546. The zero-order chi connectivity index (χ0) is 15.4. The molecular weight excluding hydrogens is 278 g/mol. The molecule has 2 fully saturated rings. The van der Waals surface area contributed by atoms with Gasteiger partial charge in [-0.15, -0.1) is 0 Å². The highest BCUT2D eigenvalue weighted by Crippen LogP contribution is 2.27. The second kappa shape index (κ2) is 7.51. The first-order chi connectivity index (χ1) is 10.0. The minimum absolute atomic E-state index is 0.0155. The summed E-state index contributed by atoms with van der Waals surface area (Å²) < 4.78 is 11.4. The molecule has 1 heterocycles. The summed E-state index contributed by atoms with van der Waals surface area (Å²) in [5.41, 5.74) is 0. The average molecular weight is 303 g/mol. The Labute approximate surface area is 124 Å². The molecule has 2 rings (SSSR count). The normalized spacial score (nSPS) is 38.2. The molecule has 1 aliphatic heterocycles. The first kappa shape index (κ1) is 16.6. The summed E-state index contributed by atoms with van der Waals surface area (Å²) in [6.07, 6.45) is 0.887. The molecule has 0 aromatic heterocycles. The van der Waals surface area contributed by atoms with Crippen LogP contribution in [0.15, 0.2) is 0 Å². The highest BCUT2D eigenvalue weighted by molar-refractivity contribution is 5.73. The predicted octanol–water partition coefficient (Wildman–Crippen LogP) is -0.721. The van der Waals surface area contributed by atoms with Crippen molar-refractivity contribution >= 4 is 5.91 Å². The van der Waals surface area contributed by atoms with Crippen molar-refractivity contribution in [2.24, 2.45) is 0 Å². The van der Waals surface area contributed by atoms with Gasteiger partial charge in [0.2, 0.25) is 5.91 Å². The Kier molecular flexibility index (Phi) is 5.95. The van der Waals surface area contributed by atoms with Crippen molar-refractivity contribution in [3.05, 3.63) is 0 Å². The fourth-order valence-electron chi connectivity index (χ4n) is 2.98. The topological polar surface area (TPSA) is 108 Å². The van der Waals surface area contributed by atoms with E-state index in [0.29, 0.717) is 0 Å². The summed E-state index contributed by atoms with van der Waals surface area (Å²) in [6.45, 7) is 0.907. The second-order valence-corrected chi connectivity index (χ2v) is 5.83. The van der Waals surface area contributed by atoms with E-state index in [-0.39, 0.29) is 12.0 Å². The maximum Gasteiger partial charge on any atom is 0.217 e. The van der Waals surface area contributed by atoms with E-state index in [2.05, 4.69) is 5.32 Å². The van der Waals surface area contributed by atoms with Crippen LogP contribution in [0, 0.1) is 0 Å². The van der Waals surface area contributed by atoms with Crippen molar-refractivity contribution in [1.29, 1.82) is 0 Å². The van der Waals surface area contributed by atoms with Crippen LogP contribution in [0.1, 0.15) is 39.0 Å². The highest BCUT2D eigenvalue weighted by Gasteiger charge is 2.46. The van der Waals surface area contributed by atoms with Gasteiger partial charge in [0.1, 0.15) is 24.4 Å². The number of nitrogens with one attached hydrogen (secondary N) is 1. The summed E-state index contributed by atoms with van der Waals surface area (Å²) >= 11 is 0. The van der Waals surface area contributed by atoms with Crippen molar-refractivity contribution in [3.8, 4) is 0 Å². The molecule has 0 spiro atoms. The summed E-state index contributed by atoms with van der Waals surface area (Å²) in [6, 6.07) is -0.845. The summed E-state index contributed by atoms with van der Waals surface area (Å²) in [4.78, 5) is 11.3. The molecule has 1 amide bonds. The van der Waals surface area contributed by atoms with Gasteiger partial charge in [-0.1, -0.05) is 19.3 Å². The first-order valence-electron chi connectivity index (χ1n) is 7.58. The minimum Gasteiger partial charge on any atom is -0.394 e. The molecular formula is C14H25NO6. The van der Waals surface area contributed by atoms with Gasteiger partial charge in [0.15, 0.2) is 6.29 Å². The third-order valence-electron chi connectivity index (χ3n) is 4.13. The van der Waals surface area contributed by atoms with Gasteiger partial charge in [-0.25, -0.2) is 0 Å². The third-order valence-corrected chi connectivity index (χ3v) is 4.13. The zero-order valence-corrected chi connectivity index (χ0v) is 12.3. The van der Waals surface area contributed by atoms with Crippen LogP contribution in [-0.2, 0) is 14.3 Å². The molecule has 1 saturated heterocycles. The molecule has 0 aromatic rings. The lowest BCUT2D eigenvalue weighted by Gasteiger charge is -2.43. The molecule has 0 unspecified atom stereocenters. The van der Waals surface area contributed by atoms with Crippen molar-refractivity contribution in [2.75, 3.05) is 6.61 Å². The average Bonchev–Trinajstić information content (AvgIpc) is 2.47. The molecule has 122 valence electrons. The van der Waals surface area contributed by atoms with Crippen LogP contribution in [0.2, 0.25) is 0 Å². The standard InChI is InChI=1S/C14H25NO6/c1-8(17)15-11-13(19)12(18)10(7-16)21-14(11)20-9-5-3-2-4-6-9/h9-14,16,18-19H,2-7H2,1H3,(H,15,17)/t10-,11+,12+,13+,14-/m0/s1. The SMILES string of the molecule is CC(=O)N[C@H]1[C@@H](OC2CCCCC2)O[C@@H](CO)[C@@H](O)[C@@H]1O. The molecule has 0 radical (unpaired) electrons. The van der Waals surface area contributed by atoms with Gasteiger partial charge < -0.3 is 30.1 Å². The van der Waals surface area contributed by atoms with Gasteiger partial charge in [0.05, 0.1) is 12.7 Å². The van der Waals surface area contributed by atoms with E-state index in [9.17, 15) is 20.1 Å². The van der Waals surface area contributed by atoms with Crippen LogP contribution in [0.4, 0.5) is 0 Å². The van der Waals surface area contributed by atoms with Crippen LogP contribution in [0.5, 0.6) is 0 Å². The van der Waals surface area contributed by atoms with Crippen molar-refractivity contribution in [2.45, 2.75) is 75.8 Å². The molecule has 0 bridgehead atoms. The van der Waals surface area contributed by atoms with Gasteiger partial charge in [0.25, 0.3) is 0 Å². The summed E-state index contributed by atoms with van der Waals surface area (Å²) in [5.74, 6) is -0.338. The number of carbonyl (C=O) groups is 1. The number of hydrogen-bond donors (Lipinski definition) is 4. The lowest BCUT2D eigenvalue weighted by Crippen LogP contribution is -2.65. The molecule has 2 aliphatic rings. The van der Waals surface area contributed by atoms with Gasteiger partial charge >= 0.3 is 0 Å². The molecule has 1 saturated carbocycles. The van der Waals surface area contributed by atoms with Crippen LogP contribution in [-0.4, -0.2) is 64.6 Å².